The molecule has 1 rings (SSSR count). The molecule has 2 amide bonds. The number of hydrogen-bond donors (Lipinski definition) is 2. The molecule has 1 fully saturated rings. The molecule has 2 N–H and O–H groups in total. The molecule has 5 heteroatoms. The average Bonchev–Trinajstić information content (AvgIpc) is 2.68. The molecular weight excluding hydrogens is 256 g/mol. The lowest BCUT2D eigenvalue weighted by Crippen LogP contribution is -2.37. The highest BCUT2D eigenvalue weighted by atomic mass is 16.6. The molecule has 2 atom stereocenters. The predicted molar refractivity (Wildman–Crippen MR) is 78.4 cm³/mol. The third-order valence-corrected chi connectivity index (χ3v) is 3.46. The number of hydrogen-bond acceptors (Lipinski definition) is 3. The van der Waals surface area contributed by atoms with E-state index in [9.17, 15) is 9.59 Å². The Morgan fingerprint density at radius 2 is 1.95 bits per heavy atom. The first-order chi connectivity index (χ1) is 9.28. The summed E-state index contributed by atoms with van der Waals surface area (Å²) in [4.78, 5) is 23.2. The van der Waals surface area contributed by atoms with Crippen molar-refractivity contribution in [2.24, 2.45) is 5.92 Å². The summed E-state index contributed by atoms with van der Waals surface area (Å²) in [6.07, 6.45) is 4.13. The number of carbonyl (C=O) groups excluding carboxylic acids is 2. The van der Waals surface area contributed by atoms with E-state index in [4.69, 9.17) is 4.74 Å². The fourth-order valence-electron chi connectivity index (χ4n) is 2.39. The summed E-state index contributed by atoms with van der Waals surface area (Å²) in [7, 11) is 0. The molecule has 0 aromatic rings. The molecule has 0 unspecified atom stereocenters. The Balaban J connectivity index is 2.09. The van der Waals surface area contributed by atoms with Crippen molar-refractivity contribution in [2.45, 2.75) is 71.4 Å². The van der Waals surface area contributed by atoms with Gasteiger partial charge >= 0.3 is 6.09 Å². The summed E-state index contributed by atoms with van der Waals surface area (Å²) in [6.45, 7) is 8.11. The van der Waals surface area contributed by atoms with Gasteiger partial charge in [0.25, 0.3) is 0 Å². The molecule has 20 heavy (non-hydrogen) atoms. The van der Waals surface area contributed by atoms with Crippen LogP contribution in [0.2, 0.25) is 0 Å². The van der Waals surface area contributed by atoms with Crippen molar-refractivity contribution >= 4 is 12.0 Å². The Bertz CT molecular complexity index is 337. The number of amides is 2. The van der Waals surface area contributed by atoms with Crippen molar-refractivity contribution < 1.29 is 14.3 Å². The smallest absolute Gasteiger partial charge is 0.407 e. The first kappa shape index (κ1) is 16.8. The van der Waals surface area contributed by atoms with Crippen LogP contribution in [0.3, 0.4) is 0 Å². The lowest BCUT2D eigenvalue weighted by Gasteiger charge is -2.20. The quantitative estimate of drug-likeness (QED) is 0.763. The standard InChI is InChI=1S/C15H28N2O3/c1-11-7-5-8-12(11)17-13(18)9-6-10-16-14(19)20-15(2,3)4/h11-12H,5-10H2,1-4H3,(H,16,19)(H,17,18)/t11-,12-/m0/s1. The zero-order valence-corrected chi connectivity index (χ0v) is 13.1. The van der Waals surface area contributed by atoms with Crippen molar-refractivity contribution in [3.05, 3.63) is 0 Å². The highest BCUT2D eigenvalue weighted by Gasteiger charge is 2.24. The van der Waals surface area contributed by atoms with Crippen molar-refractivity contribution in [2.75, 3.05) is 6.54 Å². The van der Waals surface area contributed by atoms with Crippen LogP contribution >= 0.6 is 0 Å². The Morgan fingerprint density at radius 3 is 2.50 bits per heavy atom. The molecule has 0 aromatic carbocycles. The van der Waals surface area contributed by atoms with Crippen LogP contribution in [0.15, 0.2) is 0 Å². The average molecular weight is 284 g/mol. The van der Waals surface area contributed by atoms with E-state index in [0.717, 1.165) is 6.42 Å². The van der Waals surface area contributed by atoms with E-state index >= 15 is 0 Å². The van der Waals surface area contributed by atoms with Crippen LogP contribution in [0.4, 0.5) is 4.79 Å². The van der Waals surface area contributed by atoms with Crippen molar-refractivity contribution in [3.63, 3.8) is 0 Å². The summed E-state index contributed by atoms with van der Waals surface area (Å²) >= 11 is 0. The molecule has 0 spiro atoms. The summed E-state index contributed by atoms with van der Waals surface area (Å²) in [6, 6.07) is 0.335. The molecule has 1 saturated carbocycles. The zero-order chi connectivity index (χ0) is 15.2. The second kappa shape index (κ2) is 7.50. The molecule has 116 valence electrons. The third kappa shape index (κ3) is 6.78. The molecule has 0 radical (unpaired) electrons. The molecule has 0 heterocycles. The minimum atomic E-state index is -0.486. The summed E-state index contributed by atoms with van der Waals surface area (Å²) < 4.78 is 5.12. The van der Waals surface area contributed by atoms with Gasteiger partial charge in [-0.1, -0.05) is 13.3 Å². The van der Waals surface area contributed by atoms with Gasteiger partial charge in [0.2, 0.25) is 5.91 Å². The van der Waals surface area contributed by atoms with Gasteiger partial charge in [0.05, 0.1) is 0 Å². The first-order valence-electron chi connectivity index (χ1n) is 7.54. The topological polar surface area (TPSA) is 67.4 Å². The molecule has 0 saturated heterocycles. The number of nitrogens with one attached hydrogen (secondary N) is 2. The Hall–Kier alpha value is -1.26. The van der Waals surface area contributed by atoms with Gasteiger partial charge in [0, 0.05) is 19.0 Å². The van der Waals surface area contributed by atoms with E-state index in [-0.39, 0.29) is 5.91 Å². The number of carbonyl (C=O) groups is 2. The van der Waals surface area contributed by atoms with E-state index < -0.39 is 11.7 Å². The van der Waals surface area contributed by atoms with Crippen LogP contribution in [0.25, 0.3) is 0 Å². The number of rotatable bonds is 5. The molecule has 0 aliphatic heterocycles. The SMILES string of the molecule is C[C@H]1CCC[C@@H]1NC(=O)CCCNC(=O)OC(C)(C)C. The molecule has 1 aliphatic rings. The van der Waals surface area contributed by atoms with Crippen LogP contribution in [0, 0.1) is 5.92 Å². The van der Waals surface area contributed by atoms with Gasteiger partial charge in [-0.15, -0.1) is 0 Å². The van der Waals surface area contributed by atoms with Crippen LogP contribution in [-0.4, -0.2) is 30.2 Å². The second-order valence-corrected chi connectivity index (χ2v) is 6.61. The fourth-order valence-corrected chi connectivity index (χ4v) is 2.39. The van der Waals surface area contributed by atoms with Gasteiger partial charge in [-0.05, 0) is 46.0 Å². The minimum Gasteiger partial charge on any atom is -0.444 e. The van der Waals surface area contributed by atoms with E-state index in [1.165, 1.54) is 12.8 Å². The zero-order valence-electron chi connectivity index (χ0n) is 13.1. The first-order valence-corrected chi connectivity index (χ1v) is 7.54. The van der Waals surface area contributed by atoms with Gasteiger partial charge in [-0.3, -0.25) is 4.79 Å². The number of ether oxygens (including phenoxy) is 1. The lowest BCUT2D eigenvalue weighted by molar-refractivity contribution is -0.122. The van der Waals surface area contributed by atoms with Crippen LogP contribution < -0.4 is 10.6 Å². The Morgan fingerprint density at radius 1 is 1.25 bits per heavy atom. The molecule has 0 bridgehead atoms. The monoisotopic (exact) mass is 284 g/mol. The van der Waals surface area contributed by atoms with Gasteiger partial charge in [0.1, 0.15) is 5.60 Å². The maximum atomic E-state index is 11.8. The minimum absolute atomic E-state index is 0.0785. The van der Waals surface area contributed by atoms with Gasteiger partial charge in [-0.25, -0.2) is 4.79 Å². The lowest BCUT2D eigenvalue weighted by atomic mass is 10.1. The van der Waals surface area contributed by atoms with Gasteiger partial charge < -0.3 is 15.4 Å². The van der Waals surface area contributed by atoms with E-state index in [1.54, 1.807) is 0 Å². The van der Waals surface area contributed by atoms with E-state index in [2.05, 4.69) is 17.6 Å². The van der Waals surface area contributed by atoms with Gasteiger partial charge in [0.15, 0.2) is 0 Å². The van der Waals surface area contributed by atoms with Crippen LogP contribution in [-0.2, 0) is 9.53 Å². The van der Waals surface area contributed by atoms with Crippen molar-refractivity contribution in [1.82, 2.24) is 10.6 Å². The number of alkyl carbamates (subject to hydrolysis) is 1. The molecule has 1 aliphatic carbocycles. The summed E-state index contributed by atoms with van der Waals surface area (Å²) in [5.74, 6) is 0.661. The Labute approximate surface area is 121 Å². The van der Waals surface area contributed by atoms with Crippen molar-refractivity contribution in [1.29, 1.82) is 0 Å². The van der Waals surface area contributed by atoms with E-state index in [0.29, 0.717) is 31.3 Å². The third-order valence-electron chi connectivity index (χ3n) is 3.46. The maximum Gasteiger partial charge on any atom is 0.407 e. The van der Waals surface area contributed by atoms with Gasteiger partial charge in [-0.2, -0.15) is 0 Å². The normalized spacial score (nSPS) is 22.4. The van der Waals surface area contributed by atoms with Crippen molar-refractivity contribution in [3.8, 4) is 0 Å². The summed E-state index contributed by atoms with van der Waals surface area (Å²) in [5, 5.41) is 5.73. The van der Waals surface area contributed by atoms with Crippen LogP contribution in [0.1, 0.15) is 59.8 Å². The molecule has 0 aromatic heterocycles. The highest BCUT2D eigenvalue weighted by Crippen LogP contribution is 2.24. The second-order valence-electron chi connectivity index (χ2n) is 6.61. The predicted octanol–water partition coefficient (Wildman–Crippen LogP) is 2.60. The largest absolute Gasteiger partial charge is 0.444 e. The Kier molecular flexibility index (Phi) is 6.30. The molecule has 5 nitrogen and oxygen atoms in total. The van der Waals surface area contributed by atoms with Crippen LogP contribution in [0.5, 0.6) is 0 Å². The summed E-state index contributed by atoms with van der Waals surface area (Å²) in [5.41, 5.74) is -0.486. The molecular formula is C15H28N2O3. The van der Waals surface area contributed by atoms with E-state index in [1.807, 2.05) is 20.8 Å². The fraction of sp³-hybridized carbons (Fsp3) is 0.867. The highest BCUT2D eigenvalue weighted by molar-refractivity contribution is 5.76. The maximum absolute atomic E-state index is 11.8.